The van der Waals surface area contributed by atoms with E-state index in [4.69, 9.17) is 9.15 Å². The van der Waals surface area contributed by atoms with Gasteiger partial charge in [0.15, 0.2) is 11.5 Å². The second-order valence-corrected chi connectivity index (χ2v) is 7.39. The van der Waals surface area contributed by atoms with Gasteiger partial charge >= 0.3 is 0 Å². The van der Waals surface area contributed by atoms with E-state index in [9.17, 15) is 19.1 Å². The van der Waals surface area contributed by atoms with Gasteiger partial charge in [-0.3, -0.25) is 14.5 Å². The van der Waals surface area contributed by atoms with Crippen LogP contribution in [0.5, 0.6) is 0 Å². The molecule has 1 saturated heterocycles. The van der Waals surface area contributed by atoms with E-state index in [0.29, 0.717) is 31.1 Å². The minimum Gasteiger partial charge on any atom is -0.503 e. The summed E-state index contributed by atoms with van der Waals surface area (Å²) >= 11 is 0. The number of nitrogens with zero attached hydrogens (tertiary/aromatic N) is 2. The molecule has 1 aromatic heterocycles. The van der Waals surface area contributed by atoms with Gasteiger partial charge in [0.05, 0.1) is 31.1 Å². The van der Waals surface area contributed by atoms with E-state index >= 15 is 0 Å². The molecule has 1 atom stereocenters. The lowest BCUT2D eigenvalue weighted by Crippen LogP contribution is -2.43. The maximum Gasteiger partial charge on any atom is 0.290 e. The first-order valence-corrected chi connectivity index (χ1v) is 10.1. The molecule has 0 radical (unpaired) electrons. The van der Waals surface area contributed by atoms with Crippen LogP contribution in [0.2, 0.25) is 0 Å². The average molecular weight is 426 g/mol. The molecular formula is C23H23FN2O5. The molecule has 0 saturated carbocycles. The summed E-state index contributed by atoms with van der Waals surface area (Å²) in [5.41, 5.74) is 0.356. The minimum absolute atomic E-state index is 0.0691. The van der Waals surface area contributed by atoms with Gasteiger partial charge in [-0.1, -0.05) is 12.1 Å². The standard InChI is InChI=1S/C23H23FN2O5/c24-17-4-1-3-16(15-17)21-20(19(27)7-6-18-5-2-12-31-18)22(28)23(29)26(21)9-8-25-10-13-30-14-11-25/h1-7,12,15,21,28H,8-11,13-14H2/b7-6+/t21-/m0/s1. The first kappa shape index (κ1) is 21.0. The predicted molar refractivity (Wildman–Crippen MR) is 111 cm³/mol. The SMILES string of the molecule is O=C(/C=C/c1ccco1)C1=C(O)C(=O)N(CCN2CCOCC2)[C@H]1c1cccc(F)c1. The second-order valence-electron chi connectivity index (χ2n) is 7.39. The topological polar surface area (TPSA) is 83.2 Å². The molecule has 4 rings (SSSR count). The Bertz CT molecular complexity index is 1010. The van der Waals surface area contributed by atoms with Crippen LogP contribution >= 0.6 is 0 Å². The van der Waals surface area contributed by atoms with Crippen molar-refractivity contribution in [3.63, 3.8) is 0 Å². The normalized spacial score (nSPS) is 20.2. The van der Waals surface area contributed by atoms with Crippen molar-refractivity contribution in [1.29, 1.82) is 0 Å². The number of ether oxygens (including phenoxy) is 1. The number of rotatable bonds is 7. The molecule has 1 amide bonds. The lowest BCUT2D eigenvalue weighted by atomic mass is 9.95. The molecule has 3 heterocycles. The summed E-state index contributed by atoms with van der Waals surface area (Å²) in [5, 5.41) is 10.6. The van der Waals surface area contributed by atoms with Crippen LogP contribution in [0.3, 0.4) is 0 Å². The summed E-state index contributed by atoms with van der Waals surface area (Å²) < 4.78 is 24.5. The summed E-state index contributed by atoms with van der Waals surface area (Å²) in [5.74, 6) is -1.81. The molecule has 1 aromatic carbocycles. The Morgan fingerprint density at radius 2 is 2.00 bits per heavy atom. The van der Waals surface area contributed by atoms with Crippen LogP contribution in [0.15, 0.2) is 64.5 Å². The fraction of sp³-hybridized carbons (Fsp3) is 0.304. The zero-order valence-corrected chi connectivity index (χ0v) is 16.9. The van der Waals surface area contributed by atoms with E-state index in [0.717, 1.165) is 13.1 Å². The number of benzene rings is 1. The summed E-state index contributed by atoms with van der Waals surface area (Å²) in [6.07, 6.45) is 4.18. The third kappa shape index (κ3) is 4.60. The number of carbonyl (C=O) groups is 2. The third-order valence-electron chi connectivity index (χ3n) is 5.44. The van der Waals surface area contributed by atoms with E-state index in [-0.39, 0.29) is 12.1 Å². The van der Waals surface area contributed by atoms with Gasteiger partial charge < -0.3 is 19.2 Å². The van der Waals surface area contributed by atoms with Crippen molar-refractivity contribution in [3.8, 4) is 0 Å². The highest BCUT2D eigenvalue weighted by molar-refractivity contribution is 6.14. The summed E-state index contributed by atoms with van der Waals surface area (Å²) in [4.78, 5) is 29.4. The summed E-state index contributed by atoms with van der Waals surface area (Å²) in [7, 11) is 0. The monoisotopic (exact) mass is 426 g/mol. The van der Waals surface area contributed by atoms with Gasteiger partial charge in [-0.05, 0) is 42.0 Å². The first-order valence-electron chi connectivity index (χ1n) is 10.1. The second kappa shape index (κ2) is 9.28. The lowest BCUT2D eigenvalue weighted by molar-refractivity contribution is -0.129. The van der Waals surface area contributed by atoms with Crippen LogP contribution in [0, 0.1) is 5.82 Å². The molecule has 0 spiro atoms. The zero-order valence-electron chi connectivity index (χ0n) is 16.9. The van der Waals surface area contributed by atoms with Crippen molar-refractivity contribution in [3.05, 3.63) is 77.2 Å². The number of allylic oxidation sites excluding steroid dienone is 1. The molecule has 0 unspecified atom stereocenters. The Balaban J connectivity index is 1.62. The van der Waals surface area contributed by atoms with Gasteiger partial charge in [0.2, 0.25) is 0 Å². The van der Waals surface area contributed by atoms with Crippen LogP contribution in [0.25, 0.3) is 6.08 Å². The van der Waals surface area contributed by atoms with Crippen molar-refractivity contribution < 1.29 is 28.2 Å². The number of hydrogen-bond donors (Lipinski definition) is 1. The maximum atomic E-state index is 14.0. The minimum atomic E-state index is -0.877. The summed E-state index contributed by atoms with van der Waals surface area (Å²) in [6, 6.07) is 8.22. The molecule has 31 heavy (non-hydrogen) atoms. The van der Waals surface area contributed by atoms with Gasteiger partial charge in [-0.2, -0.15) is 0 Å². The van der Waals surface area contributed by atoms with Crippen LogP contribution in [0.1, 0.15) is 17.4 Å². The fourth-order valence-corrected chi connectivity index (χ4v) is 3.87. The molecule has 1 N–H and O–H groups in total. The zero-order chi connectivity index (χ0) is 21.8. The predicted octanol–water partition coefficient (Wildman–Crippen LogP) is 2.73. The molecule has 162 valence electrons. The van der Waals surface area contributed by atoms with Crippen LogP contribution in [-0.4, -0.2) is 66.0 Å². The van der Waals surface area contributed by atoms with Crippen LogP contribution < -0.4 is 0 Å². The van der Waals surface area contributed by atoms with Gasteiger partial charge in [0.1, 0.15) is 11.6 Å². The number of aliphatic hydroxyl groups is 1. The molecule has 8 heteroatoms. The first-order chi connectivity index (χ1) is 15.0. The fourth-order valence-electron chi connectivity index (χ4n) is 3.87. The van der Waals surface area contributed by atoms with Gasteiger partial charge in [0, 0.05) is 26.2 Å². The van der Waals surface area contributed by atoms with Gasteiger partial charge in [-0.15, -0.1) is 0 Å². The largest absolute Gasteiger partial charge is 0.503 e. The molecule has 2 aliphatic heterocycles. The number of halogens is 1. The quantitative estimate of drug-likeness (QED) is 0.686. The van der Waals surface area contributed by atoms with Crippen molar-refractivity contribution in [2.75, 3.05) is 39.4 Å². The highest BCUT2D eigenvalue weighted by atomic mass is 19.1. The van der Waals surface area contributed by atoms with Crippen LogP contribution in [-0.2, 0) is 14.3 Å². The van der Waals surface area contributed by atoms with Crippen molar-refractivity contribution in [2.24, 2.45) is 0 Å². The lowest BCUT2D eigenvalue weighted by Gasteiger charge is -2.31. The van der Waals surface area contributed by atoms with Crippen molar-refractivity contribution in [1.82, 2.24) is 9.80 Å². The Hall–Kier alpha value is -3.23. The van der Waals surface area contributed by atoms with Gasteiger partial charge in [-0.25, -0.2) is 4.39 Å². The smallest absolute Gasteiger partial charge is 0.290 e. The van der Waals surface area contributed by atoms with E-state index < -0.39 is 29.3 Å². The molecule has 0 aliphatic carbocycles. The number of carbonyl (C=O) groups excluding carboxylic acids is 2. The number of hydrogen-bond acceptors (Lipinski definition) is 6. The van der Waals surface area contributed by atoms with E-state index in [1.807, 2.05) is 0 Å². The number of amides is 1. The molecule has 0 bridgehead atoms. The summed E-state index contributed by atoms with van der Waals surface area (Å²) in [6.45, 7) is 3.55. The van der Waals surface area contributed by atoms with E-state index in [1.165, 1.54) is 41.5 Å². The Kier molecular flexibility index (Phi) is 6.29. The van der Waals surface area contributed by atoms with E-state index in [2.05, 4.69) is 4.90 Å². The maximum absolute atomic E-state index is 14.0. The highest BCUT2D eigenvalue weighted by Gasteiger charge is 2.43. The Labute approximate surface area is 179 Å². The molecule has 1 fully saturated rings. The molecule has 2 aliphatic rings. The van der Waals surface area contributed by atoms with Crippen molar-refractivity contribution in [2.45, 2.75) is 6.04 Å². The molecule has 2 aromatic rings. The highest BCUT2D eigenvalue weighted by Crippen LogP contribution is 2.38. The van der Waals surface area contributed by atoms with Gasteiger partial charge in [0.25, 0.3) is 5.91 Å². The van der Waals surface area contributed by atoms with E-state index in [1.54, 1.807) is 18.2 Å². The van der Waals surface area contributed by atoms with Crippen molar-refractivity contribution >= 4 is 17.8 Å². The number of morpholine rings is 1. The third-order valence-corrected chi connectivity index (χ3v) is 5.44. The Morgan fingerprint density at radius 3 is 2.71 bits per heavy atom. The average Bonchev–Trinajstić information content (AvgIpc) is 3.38. The molecular weight excluding hydrogens is 403 g/mol. The van der Waals surface area contributed by atoms with Crippen LogP contribution in [0.4, 0.5) is 4.39 Å². The number of ketones is 1. The number of aliphatic hydroxyl groups excluding tert-OH is 1. The molecule has 7 nitrogen and oxygen atoms in total. The Morgan fingerprint density at radius 1 is 1.19 bits per heavy atom. The number of furan rings is 1.